The number of hydrogen-bond donors (Lipinski definition) is 2. The van der Waals surface area contributed by atoms with Crippen molar-refractivity contribution in [3.05, 3.63) is 65.5 Å². The first-order chi connectivity index (χ1) is 13.0. The van der Waals surface area contributed by atoms with Crippen LogP contribution in [0.15, 0.2) is 48.5 Å². The second-order valence-electron chi connectivity index (χ2n) is 5.47. The van der Waals surface area contributed by atoms with Gasteiger partial charge in [0, 0.05) is 7.05 Å². The molecule has 0 heterocycles. The largest absolute Gasteiger partial charge is 0.489 e. The van der Waals surface area contributed by atoms with Crippen molar-refractivity contribution in [1.29, 1.82) is 0 Å². The van der Waals surface area contributed by atoms with Gasteiger partial charge in [-0.1, -0.05) is 18.2 Å². The molecule has 2 N–H and O–H groups in total. The van der Waals surface area contributed by atoms with Crippen LogP contribution in [0.3, 0.4) is 0 Å². The van der Waals surface area contributed by atoms with Crippen LogP contribution in [-0.2, 0) is 20.9 Å². The number of rotatable bonds is 8. The van der Waals surface area contributed by atoms with Gasteiger partial charge in [-0.05, 0) is 35.9 Å². The molecule has 0 atom stereocenters. The van der Waals surface area contributed by atoms with Crippen LogP contribution < -0.4 is 15.4 Å². The Bertz CT molecular complexity index is 808. The molecular formula is C19H19FN2O5. The Morgan fingerprint density at radius 1 is 1.04 bits per heavy atom. The van der Waals surface area contributed by atoms with Gasteiger partial charge in [0.25, 0.3) is 5.91 Å². The number of ether oxygens (including phenoxy) is 2. The highest BCUT2D eigenvalue weighted by Gasteiger charge is 2.12. The summed E-state index contributed by atoms with van der Waals surface area (Å²) in [6, 6.07) is 12.2. The molecule has 0 aliphatic carbocycles. The predicted octanol–water partition coefficient (Wildman–Crippen LogP) is 1.42. The van der Waals surface area contributed by atoms with Gasteiger partial charge in [0.1, 0.15) is 18.2 Å². The average molecular weight is 374 g/mol. The summed E-state index contributed by atoms with van der Waals surface area (Å²) in [4.78, 5) is 34.6. The van der Waals surface area contributed by atoms with Gasteiger partial charge >= 0.3 is 5.97 Å². The number of benzene rings is 2. The van der Waals surface area contributed by atoms with E-state index in [-0.39, 0.29) is 30.4 Å². The highest BCUT2D eigenvalue weighted by molar-refractivity contribution is 5.92. The first kappa shape index (κ1) is 19.9. The Kier molecular flexibility index (Phi) is 7.30. The fourth-order valence-corrected chi connectivity index (χ4v) is 1.99. The quantitative estimate of drug-likeness (QED) is 0.682. The number of esters is 1. The minimum atomic E-state index is -0.697. The molecule has 0 fully saturated rings. The normalized spacial score (nSPS) is 10.0. The molecule has 0 unspecified atom stereocenters. The Morgan fingerprint density at radius 3 is 2.48 bits per heavy atom. The van der Waals surface area contributed by atoms with Crippen LogP contribution in [0.2, 0.25) is 0 Å². The van der Waals surface area contributed by atoms with Crippen molar-refractivity contribution >= 4 is 17.8 Å². The highest BCUT2D eigenvalue weighted by atomic mass is 19.1. The topological polar surface area (TPSA) is 93.7 Å². The van der Waals surface area contributed by atoms with Crippen LogP contribution in [0.1, 0.15) is 15.9 Å². The Hall–Kier alpha value is -3.42. The van der Waals surface area contributed by atoms with Crippen molar-refractivity contribution in [2.75, 3.05) is 20.2 Å². The molecule has 2 amide bonds. The molecule has 2 aromatic rings. The van der Waals surface area contributed by atoms with E-state index in [1.807, 2.05) is 0 Å². The monoisotopic (exact) mass is 374 g/mol. The lowest BCUT2D eigenvalue weighted by Gasteiger charge is -2.09. The first-order valence-corrected chi connectivity index (χ1v) is 8.09. The summed E-state index contributed by atoms with van der Waals surface area (Å²) >= 11 is 0. The van der Waals surface area contributed by atoms with Crippen LogP contribution >= 0.6 is 0 Å². The van der Waals surface area contributed by atoms with Gasteiger partial charge in [-0.15, -0.1) is 0 Å². The van der Waals surface area contributed by atoms with Gasteiger partial charge in [0.15, 0.2) is 6.61 Å². The smallest absolute Gasteiger partial charge is 0.338 e. The van der Waals surface area contributed by atoms with E-state index in [4.69, 9.17) is 9.47 Å². The van der Waals surface area contributed by atoms with Crippen molar-refractivity contribution in [2.24, 2.45) is 0 Å². The molecule has 27 heavy (non-hydrogen) atoms. The first-order valence-electron chi connectivity index (χ1n) is 8.09. The van der Waals surface area contributed by atoms with Gasteiger partial charge in [0.05, 0.1) is 12.1 Å². The van der Waals surface area contributed by atoms with E-state index in [1.165, 1.54) is 31.3 Å². The zero-order chi connectivity index (χ0) is 19.6. The fraction of sp³-hybridized carbons (Fsp3) is 0.211. The van der Waals surface area contributed by atoms with Gasteiger partial charge in [-0.2, -0.15) is 0 Å². The number of halogens is 1. The zero-order valence-corrected chi connectivity index (χ0v) is 14.7. The van der Waals surface area contributed by atoms with Crippen LogP contribution in [0.5, 0.6) is 5.75 Å². The summed E-state index contributed by atoms with van der Waals surface area (Å²) in [7, 11) is 1.44. The zero-order valence-electron chi connectivity index (χ0n) is 14.7. The molecule has 0 aliphatic heterocycles. The molecule has 0 saturated heterocycles. The maximum absolute atomic E-state index is 12.9. The second-order valence-corrected chi connectivity index (χ2v) is 5.47. The lowest BCUT2D eigenvalue weighted by Crippen LogP contribution is -2.37. The van der Waals surface area contributed by atoms with Crippen molar-refractivity contribution in [3.8, 4) is 5.75 Å². The van der Waals surface area contributed by atoms with Crippen molar-refractivity contribution in [2.45, 2.75) is 6.61 Å². The third kappa shape index (κ3) is 6.77. The van der Waals surface area contributed by atoms with E-state index in [0.29, 0.717) is 5.75 Å². The maximum atomic E-state index is 12.9. The lowest BCUT2D eigenvalue weighted by atomic mass is 10.2. The van der Waals surface area contributed by atoms with E-state index in [2.05, 4.69) is 10.6 Å². The lowest BCUT2D eigenvalue weighted by molar-refractivity contribution is -0.127. The molecule has 0 aliphatic rings. The van der Waals surface area contributed by atoms with E-state index in [9.17, 15) is 18.8 Å². The number of nitrogens with one attached hydrogen (secondary N) is 2. The number of carbonyl (C=O) groups excluding carboxylic acids is 3. The minimum absolute atomic E-state index is 0.195. The number of likely N-dealkylation sites (N-methyl/N-ethyl adjacent to an activating group) is 1. The molecule has 142 valence electrons. The summed E-state index contributed by atoms with van der Waals surface area (Å²) in [5.41, 5.74) is 0.989. The van der Waals surface area contributed by atoms with Gasteiger partial charge in [-0.3, -0.25) is 9.59 Å². The minimum Gasteiger partial charge on any atom is -0.489 e. The number of amides is 2. The molecule has 0 spiro atoms. The number of hydrogen-bond acceptors (Lipinski definition) is 5. The van der Waals surface area contributed by atoms with E-state index >= 15 is 0 Å². The third-order valence-electron chi connectivity index (χ3n) is 3.45. The van der Waals surface area contributed by atoms with Gasteiger partial charge < -0.3 is 20.1 Å². The summed E-state index contributed by atoms with van der Waals surface area (Å²) in [5.74, 6) is -1.55. The molecule has 0 saturated carbocycles. The van der Waals surface area contributed by atoms with Gasteiger partial charge in [-0.25, -0.2) is 9.18 Å². The van der Waals surface area contributed by atoms with Crippen LogP contribution in [0.4, 0.5) is 4.39 Å². The van der Waals surface area contributed by atoms with Crippen molar-refractivity contribution in [1.82, 2.24) is 10.6 Å². The molecule has 8 heteroatoms. The Morgan fingerprint density at radius 2 is 1.78 bits per heavy atom. The second kappa shape index (κ2) is 9.91. The maximum Gasteiger partial charge on any atom is 0.338 e. The standard InChI is InChI=1S/C19H19FN2O5/c1-21-17(23)10-22-18(24)12-27-19(25)14-3-2-4-16(9-14)26-11-13-5-7-15(20)8-6-13/h2-9H,10-12H2,1H3,(H,21,23)(H,22,24). The number of carbonyl (C=O) groups is 3. The molecule has 0 bridgehead atoms. The fourth-order valence-electron chi connectivity index (χ4n) is 1.99. The average Bonchev–Trinajstić information content (AvgIpc) is 2.69. The Balaban J connectivity index is 1.84. The SMILES string of the molecule is CNC(=O)CNC(=O)COC(=O)c1cccc(OCc2ccc(F)cc2)c1. The van der Waals surface area contributed by atoms with Crippen LogP contribution in [0.25, 0.3) is 0 Å². The highest BCUT2D eigenvalue weighted by Crippen LogP contribution is 2.16. The van der Waals surface area contributed by atoms with Crippen molar-refractivity contribution in [3.63, 3.8) is 0 Å². The van der Waals surface area contributed by atoms with Gasteiger partial charge in [0.2, 0.25) is 5.91 Å². The molecular weight excluding hydrogens is 355 g/mol. The molecule has 0 radical (unpaired) electrons. The van der Waals surface area contributed by atoms with E-state index in [1.54, 1.807) is 24.3 Å². The Labute approximate surface area is 155 Å². The molecule has 0 aromatic heterocycles. The predicted molar refractivity (Wildman–Crippen MR) is 94.5 cm³/mol. The molecule has 2 aromatic carbocycles. The van der Waals surface area contributed by atoms with Crippen molar-refractivity contribution < 1.29 is 28.2 Å². The summed E-state index contributed by atoms with van der Waals surface area (Å²) in [5, 5.41) is 4.66. The van der Waals surface area contributed by atoms with Crippen LogP contribution in [0, 0.1) is 5.82 Å². The van der Waals surface area contributed by atoms with E-state index in [0.717, 1.165) is 5.56 Å². The summed E-state index contributed by atoms with van der Waals surface area (Å²) in [6.07, 6.45) is 0. The summed E-state index contributed by atoms with van der Waals surface area (Å²) in [6.45, 7) is -0.489. The third-order valence-corrected chi connectivity index (χ3v) is 3.45. The summed E-state index contributed by atoms with van der Waals surface area (Å²) < 4.78 is 23.4. The molecule has 7 nitrogen and oxygen atoms in total. The van der Waals surface area contributed by atoms with Crippen LogP contribution in [-0.4, -0.2) is 38.0 Å². The van der Waals surface area contributed by atoms with E-state index < -0.39 is 18.5 Å². The molecule has 2 rings (SSSR count).